The molecular weight excluding hydrogens is 329 g/mol. The van der Waals surface area contributed by atoms with Gasteiger partial charge in [-0.05, 0) is 18.2 Å². The van der Waals surface area contributed by atoms with E-state index in [2.05, 4.69) is 31.2 Å². The van der Waals surface area contributed by atoms with Crippen LogP contribution in [0.5, 0.6) is 0 Å². The Morgan fingerprint density at radius 1 is 1.35 bits per heavy atom. The van der Waals surface area contributed by atoms with Gasteiger partial charge in [0, 0.05) is 16.2 Å². The van der Waals surface area contributed by atoms with E-state index in [1.807, 2.05) is 0 Å². The standard InChI is InChI=1S/C12H9BrFN5O/c13-8-1-7(2-9(14)3-8)12-17-11(20-18-12)6-19-5-10(15)4-16-19/h1-5H,6,15H2. The van der Waals surface area contributed by atoms with Crippen LogP contribution in [-0.4, -0.2) is 19.9 Å². The monoisotopic (exact) mass is 337 g/mol. The van der Waals surface area contributed by atoms with E-state index in [-0.39, 0.29) is 5.82 Å². The van der Waals surface area contributed by atoms with Crippen LogP contribution in [0.3, 0.4) is 0 Å². The van der Waals surface area contributed by atoms with Crippen molar-refractivity contribution in [1.29, 1.82) is 0 Å². The average Bonchev–Trinajstić information content (AvgIpc) is 2.98. The summed E-state index contributed by atoms with van der Waals surface area (Å²) in [5.74, 6) is 0.310. The molecule has 0 fully saturated rings. The molecule has 1 aromatic carbocycles. The largest absolute Gasteiger partial charge is 0.396 e. The number of nitrogens with zero attached hydrogens (tertiary/aromatic N) is 4. The van der Waals surface area contributed by atoms with Gasteiger partial charge < -0.3 is 10.3 Å². The smallest absolute Gasteiger partial charge is 0.248 e. The zero-order valence-corrected chi connectivity index (χ0v) is 11.7. The van der Waals surface area contributed by atoms with Gasteiger partial charge in [0.25, 0.3) is 0 Å². The van der Waals surface area contributed by atoms with Crippen LogP contribution in [0.4, 0.5) is 10.1 Å². The highest BCUT2D eigenvalue weighted by Gasteiger charge is 2.11. The van der Waals surface area contributed by atoms with Gasteiger partial charge >= 0.3 is 0 Å². The van der Waals surface area contributed by atoms with Gasteiger partial charge in [-0.25, -0.2) is 4.39 Å². The molecule has 20 heavy (non-hydrogen) atoms. The molecule has 0 atom stereocenters. The molecule has 0 unspecified atom stereocenters. The Labute approximate surface area is 121 Å². The van der Waals surface area contributed by atoms with E-state index in [1.165, 1.54) is 18.3 Å². The third-order valence-corrected chi connectivity index (χ3v) is 3.00. The van der Waals surface area contributed by atoms with E-state index in [1.54, 1.807) is 16.9 Å². The summed E-state index contributed by atoms with van der Waals surface area (Å²) >= 11 is 3.22. The van der Waals surface area contributed by atoms with Gasteiger partial charge in [0.2, 0.25) is 11.7 Å². The summed E-state index contributed by atoms with van der Waals surface area (Å²) in [6.07, 6.45) is 3.18. The maximum absolute atomic E-state index is 13.3. The Bertz CT molecular complexity index is 734. The first kappa shape index (κ1) is 12.8. The van der Waals surface area contributed by atoms with Gasteiger partial charge in [0.1, 0.15) is 12.4 Å². The fourth-order valence-corrected chi connectivity index (χ4v) is 2.19. The molecule has 102 valence electrons. The van der Waals surface area contributed by atoms with Gasteiger partial charge in [0.05, 0.1) is 11.9 Å². The summed E-state index contributed by atoms with van der Waals surface area (Å²) in [4.78, 5) is 4.20. The third-order valence-electron chi connectivity index (χ3n) is 2.54. The Hall–Kier alpha value is -2.22. The Morgan fingerprint density at radius 2 is 2.20 bits per heavy atom. The van der Waals surface area contributed by atoms with E-state index in [0.717, 1.165) is 0 Å². The molecule has 0 radical (unpaired) electrons. The molecule has 0 aliphatic heterocycles. The van der Waals surface area contributed by atoms with Crippen molar-refractivity contribution < 1.29 is 8.91 Å². The number of aromatic nitrogens is 4. The summed E-state index contributed by atoms with van der Waals surface area (Å²) in [5.41, 5.74) is 6.65. The molecule has 0 saturated carbocycles. The number of anilines is 1. The molecule has 3 aromatic rings. The number of rotatable bonds is 3. The molecule has 0 bridgehead atoms. The maximum atomic E-state index is 13.3. The molecule has 6 nitrogen and oxygen atoms in total. The summed E-state index contributed by atoms with van der Waals surface area (Å²) < 4.78 is 20.6. The second-order valence-corrected chi connectivity index (χ2v) is 5.06. The minimum atomic E-state index is -0.374. The van der Waals surface area contributed by atoms with Gasteiger partial charge in [-0.3, -0.25) is 4.68 Å². The van der Waals surface area contributed by atoms with E-state index >= 15 is 0 Å². The Morgan fingerprint density at radius 3 is 2.90 bits per heavy atom. The van der Waals surface area contributed by atoms with Crippen LogP contribution in [0, 0.1) is 5.82 Å². The molecule has 0 aliphatic rings. The lowest BCUT2D eigenvalue weighted by molar-refractivity contribution is 0.366. The van der Waals surface area contributed by atoms with Crippen molar-refractivity contribution >= 4 is 21.6 Å². The molecule has 0 aliphatic carbocycles. The van der Waals surface area contributed by atoms with Crippen molar-refractivity contribution in [1.82, 2.24) is 19.9 Å². The lowest BCUT2D eigenvalue weighted by atomic mass is 10.2. The second-order valence-electron chi connectivity index (χ2n) is 4.14. The molecule has 8 heteroatoms. The molecule has 2 heterocycles. The number of halogens is 2. The highest BCUT2D eigenvalue weighted by atomic mass is 79.9. The lowest BCUT2D eigenvalue weighted by Crippen LogP contribution is -2.00. The lowest BCUT2D eigenvalue weighted by Gasteiger charge is -1.96. The van der Waals surface area contributed by atoms with E-state index < -0.39 is 0 Å². The van der Waals surface area contributed by atoms with Crippen molar-refractivity contribution in [3.8, 4) is 11.4 Å². The highest BCUT2D eigenvalue weighted by Crippen LogP contribution is 2.22. The number of nitrogen functional groups attached to an aromatic ring is 1. The topological polar surface area (TPSA) is 82.8 Å². The van der Waals surface area contributed by atoms with Crippen LogP contribution in [0.25, 0.3) is 11.4 Å². The number of hydrogen-bond acceptors (Lipinski definition) is 5. The molecule has 3 rings (SSSR count). The molecular formula is C12H9BrFN5O. The predicted molar refractivity (Wildman–Crippen MR) is 73.1 cm³/mol. The van der Waals surface area contributed by atoms with E-state index in [9.17, 15) is 4.39 Å². The summed E-state index contributed by atoms with van der Waals surface area (Å²) in [6, 6.07) is 4.41. The quantitative estimate of drug-likeness (QED) is 0.793. The van der Waals surface area contributed by atoms with Crippen LogP contribution in [0.1, 0.15) is 5.89 Å². The Kier molecular flexibility index (Phi) is 3.23. The van der Waals surface area contributed by atoms with Gasteiger partial charge in [-0.2, -0.15) is 10.1 Å². The average molecular weight is 338 g/mol. The number of hydrogen-bond donors (Lipinski definition) is 1. The first-order valence-corrected chi connectivity index (χ1v) is 6.46. The molecule has 2 aromatic heterocycles. The summed E-state index contributed by atoms with van der Waals surface area (Å²) in [5, 5.41) is 7.84. The fourth-order valence-electron chi connectivity index (χ4n) is 1.72. The maximum Gasteiger partial charge on any atom is 0.248 e. The van der Waals surface area contributed by atoms with Crippen LogP contribution < -0.4 is 5.73 Å². The van der Waals surface area contributed by atoms with Gasteiger partial charge in [0.15, 0.2) is 0 Å². The summed E-state index contributed by atoms with van der Waals surface area (Å²) in [7, 11) is 0. The summed E-state index contributed by atoms with van der Waals surface area (Å²) in [6.45, 7) is 0.306. The molecule has 0 spiro atoms. The zero-order valence-electron chi connectivity index (χ0n) is 10.1. The van der Waals surface area contributed by atoms with Crippen molar-refractivity contribution in [3.63, 3.8) is 0 Å². The van der Waals surface area contributed by atoms with E-state index in [4.69, 9.17) is 10.3 Å². The number of nitrogens with two attached hydrogens (primary N) is 1. The first-order chi connectivity index (χ1) is 9.60. The minimum Gasteiger partial charge on any atom is -0.396 e. The van der Waals surface area contributed by atoms with Gasteiger partial charge in [-0.15, -0.1) is 0 Å². The molecule has 0 saturated heterocycles. The van der Waals surface area contributed by atoms with Crippen LogP contribution in [0.15, 0.2) is 39.6 Å². The van der Waals surface area contributed by atoms with E-state index in [0.29, 0.717) is 34.0 Å². The zero-order chi connectivity index (χ0) is 14.1. The Balaban J connectivity index is 1.86. The highest BCUT2D eigenvalue weighted by molar-refractivity contribution is 9.10. The van der Waals surface area contributed by atoms with Crippen molar-refractivity contribution in [3.05, 3.63) is 46.8 Å². The third kappa shape index (κ3) is 2.69. The predicted octanol–water partition coefficient (Wildman–Crippen LogP) is 2.47. The van der Waals surface area contributed by atoms with Crippen LogP contribution in [0.2, 0.25) is 0 Å². The molecule has 0 amide bonds. The first-order valence-electron chi connectivity index (χ1n) is 5.67. The van der Waals surface area contributed by atoms with Crippen molar-refractivity contribution in [2.45, 2.75) is 6.54 Å². The minimum absolute atomic E-state index is 0.306. The molecule has 2 N–H and O–H groups in total. The normalized spacial score (nSPS) is 10.9. The van der Waals surface area contributed by atoms with Crippen LogP contribution in [-0.2, 0) is 6.54 Å². The second kappa shape index (κ2) is 5.04. The SMILES string of the molecule is Nc1cnn(Cc2nc(-c3cc(F)cc(Br)c3)no2)c1. The fraction of sp³-hybridized carbons (Fsp3) is 0.0833. The number of benzene rings is 1. The van der Waals surface area contributed by atoms with Gasteiger partial charge in [-0.1, -0.05) is 21.1 Å². The van der Waals surface area contributed by atoms with Crippen molar-refractivity contribution in [2.24, 2.45) is 0 Å². The van der Waals surface area contributed by atoms with Crippen molar-refractivity contribution in [2.75, 3.05) is 5.73 Å². The van der Waals surface area contributed by atoms with Crippen LogP contribution >= 0.6 is 15.9 Å².